The van der Waals surface area contributed by atoms with Gasteiger partial charge in [0, 0.05) is 45.1 Å². The lowest BCUT2D eigenvalue weighted by atomic mass is 10.1. The van der Waals surface area contributed by atoms with Gasteiger partial charge in [0.25, 0.3) is 0 Å². The zero-order valence-corrected chi connectivity index (χ0v) is 14.7. The van der Waals surface area contributed by atoms with E-state index in [1.165, 1.54) is 10.3 Å². The molecule has 1 saturated heterocycles. The normalized spacial score (nSPS) is 16.9. The fourth-order valence-corrected chi connectivity index (χ4v) is 3.57. The van der Waals surface area contributed by atoms with Gasteiger partial charge in [0.1, 0.15) is 0 Å². The molecule has 1 N–H and O–H groups in total. The van der Waals surface area contributed by atoms with Gasteiger partial charge in [-0.05, 0) is 23.8 Å². The van der Waals surface area contributed by atoms with Crippen LogP contribution < -0.4 is 10.7 Å². The molecule has 1 atom stereocenters. The van der Waals surface area contributed by atoms with Crippen molar-refractivity contribution in [1.82, 2.24) is 14.5 Å². The molecule has 7 heteroatoms. The summed E-state index contributed by atoms with van der Waals surface area (Å²) in [5.41, 5.74) is 3.06. The van der Waals surface area contributed by atoms with Crippen LogP contribution in [0.3, 0.4) is 0 Å². The average molecular weight is 354 g/mol. The standard InChI is InChI=1S/C19H22N4O3/c1-21-18-17(26-19(21)25)11-14(12-20-18)16(13-24)23-9-7-22(8-10-23)15-5-3-2-4-6-15/h2-6,11-12,16,24H,7-10,13H2,1H3. The number of anilines is 1. The Labute approximate surface area is 151 Å². The molecule has 0 amide bonds. The van der Waals surface area contributed by atoms with Crippen LogP contribution in [0.2, 0.25) is 0 Å². The molecule has 0 aliphatic carbocycles. The van der Waals surface area contributed by atoms with Gasteiger partial charge in [0.15, 0.2) is 11.2 Å². The van der Waals surface area contributed by atoms with Gasteiger partial charge < -0.3 is 14.4 Å². The maximum absolute atomic E-state index is 11.7. The summed E-state index contributed by atoms with van der Waals surface area (Å²) in [7, 11) is 1.63. The summed E-state index contributed by atoms with van der Waals surface area (Å²) in [6.45, 7) is 3.48. The Bertz CT molecular complexity index is 942. The lowest BCUT2D eigenvalue weighted by molar-refractivity contribution is 0.117. The molecule has 1 aromatic carbocycles. The van der Waals surface area contributed by atoms with Gasteiger partial charge in [-0.15, -0.1) is 0 Å². The van der Waals surface area contributed by atoms with Gasteiger partial charge in [-0.1, -0.05) is 18.2 Å². The number of aromatic nitrogens is 2. The van der Waals surface area contributed by atoms with Crippen molar-refractivity contribution in [2.45, 2.75) is 6.04 Å². The van der Waals surface area contributed by atoms with E-state index in [2.05, 4.69) is 26.9 Å². The van der Waals surface area contributed by atoms with Crippen molar-refractivity contribution in [3.63, 3.8) is 0 Å². The van der Waals surface area contributed by atoms with E-state index >= 15 is 0 Å². The molecule has 0 bridgehead atoms. The quantitative estimate of drug-likeness (QED) is 0.763. The summed E-state index contributed by atoms with van der Waals surface area (Å²) in [6.07, 6.45) is 1.72. The SMILES string of the molecule is Cn1c(=O)oc2cc(C(CO)N3CCN(c4ccccc4)CC3)cnc21. The third-order valence-corrected chi connectivity index (χ3v) is 5.08. The van der Waals surface area contributed by atoms with Crippen LogP contribution >= 0.6 is 0 Å². The molecule has 7 nitrogen and oxygen atoms in total. The lowest BCUT2D eigenvalue weighted by Crippen LogP contribution is -2.48. The highest BCUT2D eigenvalue weighted by Crippen LogP contribution is 2.25. The third-order valence-electron chi connectivity index (χ3n) is 5.08. The van der Waals surface area contributed by atoms with Crippen molar-refractivity contribution >= 4 is 16.9 Å². The Morgan fingerprint density at radius 1 is 1.19 bits per heavy atom. The number of aryl methyl sites for hydroxylation is 1. The Hall–Kier alpha value is -2.64. The summed E-state index contributed by atoms with van der Waals surface area (Å²) in [5, 5.41) is 9.97. The van der Waals surface area contributed by atoms with Crippen LogP contribution in [0.1, 0.15) is 11.6 Å². The van der Waals surface area contributed by atoms with Gasteiger partial charge in [-0.2, -0.15) is 0 Å². The molecule has 3 aromatic rings. The number of hydrogen-bond acceptors (Lipinski definition) is 6. The Kier molecular flexibility index (Phi) is 4.48. The van der Waals surface area contributed by atoms with Crippen LogP contribution in [0.4, 0.5) is 5.69 Å². The fourth-order valence-electron chi connectivity index (χ4n) is 3.57. The summed E-state index contributed by atoms with van der Waals surface area (Å²) < 4.78 is 6.61. The highest BCUT2D eigenvalue weighted by molar-refractivity contribution is 5.68. The van der Waals surface area contributed by atoms with E-state index in [4.69, 9.17) is 4.42 Å². The van der Waals surface area contributed by atoms with Crippen LogP contribution in [-0.2, 0) is 7.05 Å². The first-order valence-corrected chi connectivity index (χ1v) is 8.78. The van der Waals surface area contributed by atoms with Crippen molar-refractivity contribution in [2.24, 2.45) is 7.05 Å². The highest BCUT2D eigenvalue weighted by Gasteiger charge is 2.25. The van der Waals surface area contributed by atoms with Gasteiger partial charge in [0.2, 0.25) is 0 Å². The number of fused-ring (bicyclic) bond motifs is 1. The van der Waals surface area contributed by atoms with E-state index < -0.39 is 5.76 Å². The molecule has 0 radical (unpaired) electrons. The summed E-state index contributed by atoms with van der Waals surface area (Å²) in [4.78, 5) is 20.6. The van der Waals surface area contributed by atoms with Crippen molar-refractivity contribution < 1.29 is 9.52 Å². The number of aliphatic hydroxyl groups is 1. The van der Waals surface area contributed by atoms with Crippen molar-refractivity contribution in [3.05, 3.63) is 58.7 Å². The van der Waals surface area contributed by atoms with Crippen LogP contribution in [-0.4, -0.2) is 52.3 Å². The lowest BCUT2D eigenvalue weighted by Gasteiger charge is -2.39. The summed E-state index contributed by atoms with van der Waals surface area (Å²) in [5.74, 6) is -0.429. The van der Waals surface area contributed by atoms with E-state index in [-0.39, 0.29) is 12.6 Å². The van der Waals surface area contributed by atoms with Crippen LogP contribution in [0, 0.1) is 0 Å². The first-order chi connectivity index (χ1) is 12.7. The molecule has 1 unspecified atom stereocenters. The number of para-hydroxylation sites is 1. The van der Waals surface area contributed by atoms with Crippen molar-refractivity contribution in [3.8, 4) is 0 Å². The minimum absolute atomic E-state index is 0.00438. The first kappa shape index (κ1) is 16.8. The third kappa shape index (κ3) is 3.00. The van der Waals surface area contributed by atoms with E-state index in [0.29, 0.717) is 11.2 Å². The zero-order chi connectivity index (χ0) is 18.1. The van der Waals surface area contributed by atoms with Crippen LogP contribution in [0.25, 0.3) is 11.2 Å². The fraction of sp³-hybridized carbons (Fsp3) is 0.368. The van der Waals surface area contributed by atoms with Gasteiger partial charge in [-0.3, -0.25) is 9.47 Å². The minimum atomic E-state index is -0.429. The average Bonchev–Trinajstić information content (AvgIpc) is 2.97. The molecule has 1 aliphatic heterocycles. The number of oxazole rings is 1. The molecule has 1 fully saturated rings. The van der Waals surface area contributed by atoms with Crippen molar-refractivity contribution in [1.29, 1.82) is 0 Å². The predicted molar refractivity (Wildman–Crippen MR) is 99.3 cm³/mol. The second-order valence-electron chi connectivity index (χ2n) is 6.57. The number of rotatable bonds is 4. The van der Waals surface area contributed by atoms with E-state index in [9.17, 15) is 9.90 Å². The molecule has 4 rings (SSSR count). The largest absolute Gasteiger partial charge is 0.420 e. The summed E-state index contributed by atoms with van der Waals surface area (Å²) >= 11 is 0. The summed E-state index contributed by atoms with van der Waals surface area (Å²) in [6, 6.07) is 12.0. The topological polar surface area (TPSA) is 74.7 Å². The molecule has 1 aliphatic rings. The molecule has 2 aromatic heterocycles. The van der Waals surface area contributed by atoms with Crippen molar-refractivity contribution in [2.75, 3.05) is 37.7 Å². The molecular weight excluding hydrogens is 332 g/mol. The molecule has 0 spiro atoms. The monoisotopic (exact) mass is 354 g/mol. The van der Waals surface area contributed by atoms with E-state index in [1.807, 2.05) is 24.3 Å². The van der Waals surface area contributed by atoms with E-state index in [0.717, 1.165) is 31.7 Å². The Morgan fingerprint density at radius 3 is 2.62 bits per heavy atom. The van der Waals surface area contributed by atoms with Crippen LogP contribution in [0.5, 0.6) is 0 Å². The minimum Gasteiger partial charge on any atom is -0.406 e. The predicted octanol–water partition coefficient (Wildman–Crippen LogP) is 1.38. The molecule has 136 valence electrons. The van der Waals surface area contributed by atoms with Crippen LogP contribution in [0.15, 0.2) is 51.8 Å². The Balaban J connectivity index is 1.52. The Morgan fingerprint density at radius 2 is 1.92 bits per heavy atom. The number of pyridine rings is 1. The maximum atomic E-state index is 11.7. The number of nitrogens with zero attached hydrogens (tertiary/aromatic N) is 4. The maximum Gasteiger partial charge on any atom is 0.420 e. The first-order valence-electron chi connectivity index (χ1n) is 8.78. The number of hydrogen-bond donors (Lipinski definition) is 1. The number of benzene rings is 1. The number of piperazine rings is 1. The second-order valence-corrected chi connectivity index (χ2v) is 6.57. The molecular formula is C19H22N4O3. The smallest absolute Gasteiger partial charge is 0.406 e. The van der Waals surface area contributed by atoms with E-state index in [1.54, 1.807) is 13.2 Å². The molecule has 26 heavy (non-hydrogen) atoms. The molecule has 0 saturated carbocycles. The highest BCUT2D eigenvalue weighted by atomic mass is 16.4. The zero-order valence-electron chi connectivity index (χ0n) is 14.7. The van der Waals surface area contributed by atoms with Gasteiger partial charge in [0.05, 0.1) is 12.6 Å². The molecule has 3 heterocycles. The van der Waals surface area contributed by atoms with Gasteiger partial charge in [-0.25, -0.2) is 9.78 Å². The second kappa shape index (κ2) is 6.93. The number of aliphatic hydroxyl groups excluding tert-OH is 1. The van der Waals surface area contributed by atoms with Gasteiger partial charge >= 0.3 is 5.76 Å².